The summed E-state index contributed by atoms with van der Waals surface area (Å²) in [5.74, 6) is -0.473. The minimum atomic E-state index is -0.916. The summed E-state index contributed by atoms with van der Waals surface area (Å²) in [6.45, 7) is 3.28. The molecule has 21 heavy (non-hydrogen) atoms. The van der Waals surface area contributed by atoms with Gasteiger partial charge in [0.1, 0.15) is 5.75 Å². The van der Waals surface area contributed by atoms with Gasteiger partial charge >= 0.3 is 5.97 Å². The van der Waals surface area contributed by atoms with Gasteiger partial charge in [0.25, 0.3) is 5.91 Å². The van der Waals surface area contributed by atoms with E-state index in [0.717, 1.165) is 25.9 Å². The molecule has 1 fully saturated rings. The highest BCUT2D eigenvalue weighted by Gasteiger charge is 2.24. The molecule has 1 aliphatic rings. The standard InChI is InChI=1S/C16H21NO4/c1-12(16(20)17-9-5-2-6-10-17)21-14-8-4-3-7-13(14)11-15(18)19/h3-4,7-8,12H,2,5-6,9-11H2,1H3,(H,18,19). The average molecular weight is 291 g/mol. The lowest BCUT2D eigenvalue weighted by Gasteiger charge is -2.29. The number of hydrogen-bond donors (Lipinski definition) is 1. The predicted octanol–water partition coefficient (Wildman–Crippen LogP) is 2.09. The monoisotopic (exact) mass is 291 g/mol. The van der Waals surface area contributed by atoms with Crippen LogP contribution >= 0.6 is 0 Å². The first-order valence-electron chi connectivity index (χ1n) is 7.33. The van der Waals surface area contributed by atoms with Crippen LogP contribution in [0.4, 0.5) is 0 Å². The molecule has 0 aromatic heterocycles. The van der Waals surface area contributed by atoms with Crippen molar-refractivity contribution in [2.24, 2.45) is 0 Å². The first kappa shape index (κ1) is 15.4. The fraction of sp³-hybridized carbons (Fsp3) is 0.500. The summed E-state index contributed by atoms with van der Waals surface area (Å²) in [5, 5.41) is 8.91. The third-order valence-electron chi connectivity index (χ3n) is 3.63. The molecule has 1 atom stereocenters. The van der Waals surface area contributed by atoms with E-state index >= 15 is 0 Å². The Morgan fingerprint density at radius 3 is 2.57 bits per heavy atom. The molecule has 2 rings (SSSR count). The van der Waals surface area contributed by atoms with Crippen LogP contribution in [0.15, 0.2) is 24.3 Å². The van der Waals surface area contributed by atoms with Crippen molar-refractivity contribution < 1.29 is 19.4 Å². The summed E-state index contributed by atoms with van der Waals surface area (Å²) in [5.41, 5.74) is 0.586. The second-order valence-corrected chi connectivity index (χ2v) is 5.32. The fourth-order valence-corrected chi connectivity index (χ4v) is 2.54. The largest absolute Gasteiger partial charge is 0.481 e. The highest BCUT2D eigenvalue weighted by Crippen LogP contribution is 2.21. The van der Waals surface area contributed by atoms with Crippen LogP contribution < -0.4 is 4.74 Å². The van der Waals surface area contributed by atoms with E-state index in [9.17, 15) is 9.59 Å². The summed E-state index contributed by atoms with van der Waals surface area (Å²) in [6.07, 6.45) is 2.53. The van der Waals surface area contributed by atoms with Gasteiger partial charge in [0.15, 0.2) is 6.10 Å². The number of rotatable bonds is 5. The molecule has 1 aromatic carbocycles. The van der Waals surface area contributed by atoms with Crippen molar-refractivity contribution in [1.29, 1.82) is 0 Å². The van der Waals surface area contributed by atoms with Crippen LogP contribution in [0.1, 0.15) is 31.7 Å². The molecule has 0 bridgehead atoms. The number of likely N-dealkylation sites (tertiary alicyclic amines) is 1. The molecule has 1 amide bonds. The molecular weight excluding hydrogens is 270 g/mol. The lowest BCUT2D eigenvalue weighted by molar-refractivity contribution is -0.138. The highest BCUT2D eigenvalue weighted by atomic mass is 16.5. The van der Waals surface area contributed by atoms with Crippen LogP contribution in [0.25, 0.3) is 0 Å². The van der Waals surface area contributed by atoms with Crippen LogP contribution in [0.5, 0.6) is 5.75 Å². The van der Waals surface area contributed by atoms with Gasteiger partial charge in [-0.05, 0) is 32.3 Å². The minimum Gasteiger partial charge on any atom is -0.481 e. The zero-order chi connectivity index (χ0) is 15.2. The molecule has 0 spiro atoms. The summed E-state index contributed by atoms with van der Waals surface area (Å²) >= 11 is 0. The number of carboxylic acid groups (broad SMARTS) is 1. The number of aliphatic carboxylic acids is 1. The van der Waals surface area contributed by atoms with E-state index in [1.165, 1.54) is 6.42 Å². The Bertz CT molecular complexity index is 509. The number of carboxylic acids is 1. The molecule has 0 radical (unpaired) electrons. The molecule has 1 aromatic rings. The van der Waals surface area contributed by atoms with Crippen LogP contribution in [-0.2, 0) is 16.0 Å². The predicted molar refractivity (Wildman–Crippen MR) is 78.3 cm³/mol. The Hall–Kier alpha value is -2.04. The van der Waals surface area contributed by atoms with Crippen molar-refractivity contribution in [3.63, 3.8) is 0 Å². The van der Waals surface area contributed by atoms with E-state index in [2.05, 4.69) is 0 Å². The number of carbonyl (C=O) groups excluding carboxylic acids is 1. The van der Waals surface area contributed by atoms with Gasteiger partial charge in [-0.15, -0.1) is 0 Å². The van der Waals surface area contributed by atoms with Gasteiger partial charge in [-0.3, -0.25) is 9.59 Å². The summed E-state index contributed by atoms with van der Waals surface area (Å²) in [4.78, 5) is 25.0. The second kappa shape index (κ2) is 7.11. The molecule has 114 valence electrons. The Labute approximate surface area is 124 Å². The van der Waals surface area contributed by atoms with Crippen molar-refractivity contribution in [3.8, 4) is 5.75 Å². The number of amides is 1. The van der Waals surface area contributed by atoms with E-state index in [1.54, 1.807) is 31.2 Å². The molecule has 0 aliphatic carbocycles. The number of para-hydroxylation sites is 1. The smallest absolute Gasteiger partial charge is 0.307 e. The maximum atomic E-state index is 12.3. The number of hydrogen-bond acceptors (Lipinski definition) is 3. The van der Waals surface area contributed by atoms with Crippen molar-refractivity contribution in [1.82, 2.24) is 4.90 Å². The van der Waals surface area contributed by atoms with Crippen LogP contribution in [0.2, 0.25) is 0 Å². The Kier molecular flexibility index (Phi) is 5.20. The zero-order valence-corrected chi connectivity index (χ0v) is 12.2. The molecule has 1 N–H and O–H groups in total. The summed E-state index contributed by atoms with van der Waals surface area (Å²) < 4.78 is 5.71. The van der Waals surface area contributed by atoms with E-state index < -0.39 is 12.1 Å². The van der Waals surface area contributed by atoms with Gasteiger partial charge in [0.05, 0.1) is 6.42 Å². The highest BCUT2D eigenvalue weighted by molar-refractivity contribution is 5.81. The summed E-state index contributed by atoms with van der Waals surface area (Å²) in [6, 6.07) is 6.96. The van der Waals surface area contributed by atoms with Crippen molar-refractivity contribution in [2.45, 2.75) is 38.7 Å². The van der Waals surface area contributed by atoms with Crippen LogP contribution in [-0.4, -0.2) is 41.1 Å². The number of ether oxygens (including phenoxy) is 1. The topological polar surface area (TPSA) is 66.8 Å². The van der Waals surface area contributed by atoms with Gasteiger partial charge in [-0.25, -0.2) is 0 Å². The number of nitrogens with zero attached hydrogens (tertiary/aromatic N) is 1. The van der Waals surface area contributed by atoms with Crippen molar-refractivity contribution >= 4 is 11.9 Å². The SMILES string of the molecule is CC(Oc1ccccc1CC(=O)O)C(=O)N1CCCCC1. The van der Waals surface area contributed by atoms with E-state index in [4.69, 9.17) is 9.84 Å². The third kappa shape index (κ3) is 4.21. The first-order valence-corrected chi connectivity index (χ1v) is 7.33. The Morgan fingerprint density at radius 2 is 1.90 bits per heavy atom. The van der Waals surface area contributed by atoms with E-state index in [-0.39, 0.29) is 12.3 Å². The number of piperidine rings is 1. The zero-order valence-electron chi connectivity index (χ0n) is 12.2. The molecule has 0 saturated carbocycles. The minimum absolute atomic E-state index is 0.0279. The molecule has 5 heteroatoms. The maximum Gasteiger partial charge on any atom is 0.307 e. The Morgan fingerprint density at radius 1 is 1.24 bits per heavy atom. The molecule has 1 aliphatic heterocycles. The molecule has 1 heterocycles. The summed E-state index contributed by atoms with van der Waals surface area (Å²) in [7, 11) is 0. The van der Waals surface area contributed by atoms with Crippen LogP contribution in [0.3, 0.4) is 0 Å². The maximum absolute atomic E-state index is 12.3. The van der Waals surface area contributed by atoms with Crippen molar-refractivity contribution in [3.05, 3.63) is 29.8 Å². The molecular formula is C16H21NO4. The molecule has 1 saturated heterocycles. The normalized spacial score (nSPS) is 16.3. The molecule has 5 nitrogen and oxygen atoms in total. The third-order valence-corrected chi connectivity index (χ3v) is 3.63. The van der Waals surface area contributed by atoms with E-state index in [1.807, 2.05) is 4.90 Å². The number of benzene rings is 1. The van der Waals surface area contributed by atoms with Gasteiger partial charge in [-0.2, -0.15) is 0 Å². The van der Waals surface area contributed by atoms with Gasteiger partial charge < -0.3 is 14.7 Å². The first-order chi connectivity index (χ1) is 10.1. The average Bonchev–Trinajstić information content (AvgIpc) is 2.49. The van der Waals surface area contributed by atoms with Gasteiger partial charge in [0, 0.05) is 18.7 Å². The quantitative estimate of drug-likeness (QED) is 0.902. The van der Waals surface area contributed by atoms with E-state index in [0.29, 0.717) is 11.3 Å². The fourth-order valence-electron chi connectivity index (χ4n) is 2.54. The van der Waals surface area contributed by atoms with Crippen LogP contribution in [0, 0.1) is 0 Å². The van der Waals surface area contributed by atoms with Gasteiger partial charge in [-0.1, -0.05) is 18.2 Å². The number of carbonyl (C=O) groups is 2. The molecule has 1 unspecified atom stereocenters. The van der Waals surface area contributed by atoms with Gasteiger partial charge in [0.2, 0.25) is 0 Å². The van der Waals surface area contributed by atoms with Crippen molar-refractivity contribution in [2.75, 3.05) is 13.1 Å². The lowest BCUT2D eigenvalue weighted by atomic mass is 10.1. The lowest BCUT2D eigenvalue weighted by Crippen LogP contribution is -2.43. The Balaban J connectivity index is 2.03. The second-order valence-electron chi connectivity index (χ2n) is 5.32.